The predicted octanol–water partition coefficient (Wildman–Crippen LogP) is 8.12. The van der Waals surface area contributed by atoms with E-state index in [1.54, 1.807) is 7.11 Å². The number of carbonyl (C=O) groups is 3. The molecule has 5 aromatic rings. The number of ether oxygens (including phenoxy) is 3. The van der Waals surface area contributed by atoms with Gasteiger partial charge in [-0.25, -0.2) is 14.8 Å². The van der Waals surface area contributed by atoms with Crippen molar-refractivity contribution in [3.05, 3.63) is 83.8 Å². The normalized spacial score (nSPS) is 21.7. The monoisotopic (exact) mass is 828 g/mol. The highest BCUT2D eigenvalue weighted by molar-refractivity contribution is 5.89. The van der Waals surface area contributed by atoms with Crippen LogP contribution in [0.1, 0.15) is 113 Å². The number of fused-ring (bicyclic) bond motifs is 7. The Balaban J connectivity index is 0.995. The molecule has 3 aromatic carbocycles. The molecule has 0 spiro atoms. The second kappa shape index (κ2) is 16.2. The maximum absolute atomic E-state index is 13.9. The van der Waals surface area contributed by atoms with E-state index in [0.29, 0.717) is 19.0 Å². The van der Waals surface area contributed by atoms with Gasteiger partial charge in [0.2, 0.25) is 11.8 Å². The molecule has 0 radical (unpaired) electrons. The van der Waals surface area contributed by atoms with Gasteiger partial charge < -0.3 is 44.6 Å². The molecule has 3 saturated heterocycles. The number of alkyl carbamates (subject to hydrolysis) is 1. The Hall–Kier alpha value is -5.89. The number of methoxy groups -OCH3 is 2. The second-order valence-corrected chi connectivity index (χ2v) is 17.6. The van der Waals surface area contributed by atoms with Gasteiger partial charge in [-0.2, -0.15) is 0 Å². The van der Waals surface area contributed by atoms with Crippen molar-refractivity contribution in [1.29, 1.82) is 0 Å². The summed E-state index contributed by atoms with van der Waals surface area (Å²) in [6.45, 7) is 13.0. The molecule has 0 saturated carbocycles. The number of imidazole rings is 2. The van der Waals surface area contributed by atoms with E-state index in [0.717, 1.165) is 94.5 Å². The van der Waals surface area contributed by atoms with Crippen LogP contribution in [0.3, 0.4) is 0 Å². The third kappa shape index (κ3) is 7.28. The van der Waals surface area contributed by atoms with E-state index in [-0.39, 0.29) is 47.9 Å². The summed E-state index contributed by atoms with van der Waals surface area (Å²) < 4.78 is 16.7. The molecule has 4 N–H and O–H groups in total. The van der Waals surface area contributed by atoms with Crippen molar-refractivity contribution in [2.24, 2.45) is 11.8 Å². The molecule has 2 aromatic heterocycles. The molecule has 4 aliphatic rings. The summed E-state index contributed by atoms with van der Waals surface area (Å²) in [5, 5.41) is 5.90. The number of carbonyl (C=O) groups excluding carboxylic acids is 3. The molecule has 14 heteroatoms. The zero-order valence-corrected chi connectivity index (χ0v) is 35.8. The molecule has 320 valence electrons. The van der Waals surface area contributed by atoms with E-state index in [2.05, 4.69) is 75.7 Å². The molecule has 2 unspecified atom stereocenters. The van der Waals surface area contributed by atoms with Crippen molar-refractivity contribution < 1.29 is 28.6 Å². The van der Waals surface area contributed by atoms with Crippen LogP contribution in [0.5, 0.6) is 0 Å². The zero-order chi connectivity index (χ0) is 42.7. The first kappa shape index (κ1) is 40.5. The largest absolute Gasteiger partial charge is 0.483 e. The summed E-state index contributed by atoms with van der Waals surface area (Å²) >= 11 is 0. The van der Waals surface area contributed by atoms with Crippen LogP contribution in [0.2, 0.25) is 0 Å². The number of rotatable bonds is 12. The predicted molar refractivity (Wildman–Crippen MR) is 232 cm³/mol. The minimum atomic E-state index is -0.695. The van der Waals surface area contributed by atoms with Gasteiger partial charge in [-0.3, -0.25) is 9.59 Å². The second-order valence-electron chi connectivity index (χ2n) is 17.6. The van der Waals surface area contributed by atoms with Gasteiger partial charge in [0.1, 0.15) is 23.7 Å². The first-order valence-electron chi connectivity index (χ1n) is 21.7. The van der Waals surface area contributed by atoms with E-state index >= 15 is 0 Å². The first-order chi connectivity index (χ1) is 29.4. The van der Waals surface area contributed by atoms with Crippen LogP contribution >= 0.6 is 0 Å². The van der Waals surface area contributed by atoms with Gasteiger partial charge in [-0.05, 0) is 115 Å². The average molecular weight is 829 g/mol. The Morgan fingerprint density at radius 3 is 1.62 bits per heavy atom. The van der Waals surface area contributed by atoms with Crippen LogP contribution in [0.4, 0.5) is 4.79 Å². The molecule has 4 aliphatic heterocycles. The number of amides is 3. The lowest BCUT2D eigenvalue weighted by molar-refractivity contribution is -0.136. The topological polar surface area (TPSA) is 167 Å². The van der Waals surface area contributed by atoms with E-state index in [1.807, 2.05) is 37.5 Å². The first-order valence-corrected chi connectivity index (χ1v) is 21.7. The Kier molecular flexibility index (Phi) is 10.7. The van der Waals surface area contributed by atoms with Crippen LogP contribution in [0.25, 0.3) is 44.3 Å². The van der Waals surface area contributed by atoms with Crippen LogP contribution < -0.4 is 10.6 Å². The van der Waals surface area contributed by atoms with Crippen LogP contribution in [0, 0.1) is 11.8 Å². The van der Waals surface area contributed by atoms with Crippen molar-refractivity contribution in [3.8, 4) is 22.3 Å². The molecular formula is C47H56N8O6. The smallest absolute Gasteiger partial charge is 0.407 e. The minimum absolute atomic E-state index is 0.0205. The van der Waals surface area contributed by atoms with Crippen molar-refractivity contribution in [1.82, 2.24) is 40.4 Å². The fourth-order valence-corrected chi connectivity index (χ4v) is 10.0. The number of likely N-dealkylation sites (tertiary alicyclic amines) is 2. The molecule has 6 heterocycles. The maximum atomic E-state index is 13.9. The quantitative estimate of drug-likeness (QED) is 0.0909. The summed E-state index contributed by atoms with van der Waals surface area (Å²) in [4.78, 5) is 60.7. The number of benzene rings is 3. The van der Waals surface area contributed by atoms with E-state index in [4.69, 9.17) is 24.2 Å². The number of aromatic amines is 2. The average Bonchev–Trinajstić information content (AvgIpc) is 4.12. The zero-order valence-electron chi connectivity index (χ0n) is 35.8. The lowest BCUT2D eigenvalue weighted by atomic mass is 9.81. The van der Waals surface area contributed by atoms with Crippen LogP contribution in [-0.2, 0) is 23.8 Å². The summed E-state index contributed by atoms with van der Waals surface area (Å²) in [6.07, 6.45) is 4.75. The fourth-order valence-electron chi connectivity index (χ4n) is 10.0. The molecule has 0 aliphatic carbocycles. The van der Waals surface area contributed by atoms with E-state index in [9.17, 15) is 14.4 Å². The summed E-state index contributed by atoms with van der Waals surface area (Å²) in [7, 11) is 2.85. The molecule has 61 heavy (non-hydrogen) atoms. The SMILES string of the molecule is C=C(N[C@H](C(=O)N1CCC[C@H]1c1nc2ccc(-c3ccc(-c4ccc5nc([C@@H]6CCCN6C(=O)[C@@H](NC(=O)OC)C(C)C)[nH]c5c4)c4c3C3CCC4O3)cc2[nH]1)C(C)C)OC. The molecule has 2 bridgehead atoms. The van der Waals surface area contributed by atoms with Gasteiger partial charge in [0.05, 0.1) is 60.6 Å². The van der Waals surface area contributed by atoms with Gasteiger partial charge in [0.25, 0.3) is 0 Å². The number of nitrogens with zero attached hydrogens (tertiary/aromatic N) is 4. The fraction of sp³-hybridized carbons (Fsp3) is 0.468. The summed E-state index contributed by atoms with van der Waals surface area (Å²) in [6, 6.07) is 15.7. The highest BCUT2D eigenvalue weighted by Crippen LogP contribution is 2.56. The minimum Gasteiger partial charge on any atom is -0.483 e. The Morgan fingerprint density at radius 2 is 1.18 bits per heavy atom. The lowest BCUT2D eigenvalue weighted by Gasteiger charge is -2.30. The lowest BCUT2D eigenvalue weighted by Crippen LogP contribution is -2.51. The molecule has 3 amide bonds. The third-order valence-electron chi connectivity index (χ3n) is 13.2. The van der Waals surface area contributed by atoms with Gasteiger partial charge in [0, 0.05) is 13.1 Å². The van der Waals surface area contributed by atoms with Crippen LogP contribution in [-0.4, -0.2) is 87.0 Å². The van der Waals surface area contributed by atoms with Crippen molar-refractivity contribution in [3.63, 3.8) is 0 Å². The Labute approximate surface area is 355 Å². The van der Waals surface area contributed by atoms with Gasteiger partial charge in [-0.15, -0.1) is 0 Å². The van der Waals surface area contributed by atoms with Gasteiger partial charge >= 0.3 is 6.09 Å². The molecular weight excluding hydrogens is 773 g/mol. The molecule has 3 fully saturated rings. The molecule has 9 rings (SSSR count). The standard InChI is InChI=1S/C47H56N8O6/c1-24(2)41(48-26(5)59-6)45(56)54-20-8-10-35(54)43-49-31-16-12-27(22-33(31)51-43)29-14-15-30(40-38-19-18-37(61-38)39(29)40)28-13-17-32-34(23-28)52-44(50-32)36-11-9-21-55(36)46(57)42(25(3)4)53-47(58)60-7/h12-17,22-25,35-38,41-42,48H,5,8-11,18-21H2,1-4,6-7H3,(H,49,51)(H,50,52)(H,53,58)/t35-,36-,37?,38?,41-,42-/m0/s1. The van der Waals surface area contributed by atoms with Crippen molar-refractivity contribution in [2.75, 3.05) is 27.3 Å². The number of hydrogen-bond acceptors (Lipinski definition) is 9. The van der Waals surface area contributed by atoms with Crippen LogP contribution in [0.15, 0.2) is 61.0 Å². The maximum Gasteiger partial charge on any atom is 0.407 e. The number of aromatic nitrogens is 4. The van der Waals surface area contributed by atoms with Crippen molar-refractivity contribution in [2.45, 2.75) is 103 Å². The Morgan fingerprint density at radius 1 is 0.705 bits per heavy atom. The highest BCUT2D eigenvalue weighted by Gasteiger charge is 2.42. The van der Waals surface area contributed by atoms with Gasteiger partial charge in [-0.1, -0.05) is 52.0 Å². The van der Waals surface area contributed by atoms with Gasteiger partial charge in [0.15, 0.2) is 5.88 Å². The summed E-state index contributed by atoms with van der Waals surface area (Å²) in [5.74, 6) is 1.75. The number of nitrogens with one attached hydrogen (secondary N) is 4. The van der Waals surface area contributed by atoms with E-state index in [1.165, 1.54) is 18.2 Å². The van der Waals surface area contributed by atoms with Crippen molar-refractivity contribution >= 4 is 40.0 Å². The summed E-state index contributed by atoms with van der Waals surface area (Å²) in [5.41, 5.74) is 10.5. The third-order valence-corrected chi connectivity index (χ3v) is 13.2. The Bertz CT molecular complexity index is 2350. The number of H-pyrrole nitrogens is 2. The number of hydrogen-bond donors (Lipinski definition) is 4. The highest BCUT2D eigenvalue weighted by atomic mass is 16.5. The molecule has 14 nitrogen and oxygen atoms in total. The molecule has 6 atom stereocenters. The van der Waals surface area contributed by atoms with E-state index < -0.39 is 18.2 Å².